The molecule has 2 aromatic rings. The lowest BCUT2D eigenvalue weighted by Gasteiger charge is -2.32. The Morgan fingerprint density at radius 2 is 1.54 bits per heavy atom. The molecule has 1 saturated heterocycles. The number of piperidine rings is 1. The van der Waals surface area contributed by atoms with Crippen LogP contribution in [-0.4, -0.2) is 42.6 Å². The maximum atomic E-state index is 12.2. The quantitative estimate of drug-likeness (QED) is 0.805. The molecule has 0 radical (unpaired) electrons. The highest BCUT2D eigenvalue weighted by Gasteiger charge is 2.31. The van der Waals surface area contributed by atoms with Crippen LogP contribution in [0.1, 0.15) is 12.8 Å². The summed E-state index contributed by atoms with van der Waals surface area (Å²) >= 11 is 0. The predicted molar refractivity (Wildman–Crippen MR) is 87.6 cm³/mol. The summed E-state index contributed by atoms with van der Waals surface area (Å²) in [5.74, 6) is 1.48. The zero-order valence-corrected chi connectivity index (χ0v) is 14.1. The highest BCUT2D eigenvalue weighted by molar-refractivity contribution is 5.33. The number of hydrogen-bond donors (Lipinski definition) is 0. The topological polar surface area (TPSA) is 56.7 Å². The summed E-state index contributed by atoms with van der Waals surface area (Å²) in [5.41, 5.74) is 0. The van der Waals surface area contributed by atoms with Gasteiger partial charge < -0.3 is 19.1 Å². The van der Waals surface area contributed by atoms with Crippen molar-refractivity contribution < 1.29 is 27.4 Å². The number of nitrogens with zero attached hydrogens (tertiary/aromatic N) is 3. The molecule has 0 aliphatic carbocycles. The number of methoxy groups -OCH3 is 1. The fraction of sp³-hybridized carbons (Fsp3) is 0.412. The molecule has 0 spiro atoms. The zero-order valence-electron chi connectivity index (χ0n) is 14.1. The third-order valence-corrected chi connectivity index (χ3v) is 3.94. The van der Waals surface area contributed by atoms with Crippen molar-refractivity contribution in [1.82, 2.24) is 9.97 Å². The van der Waals surface area contributed by atoms with Gasteiger partial charge >= 0.3 is 6.36 Å². The number of ether oxygens (including phenoxy) is 3. The maximum absolute atomic E-state index is 12.2. The smallest absolute Gasteiger partial charge is 0.494 e. The van der Waals surface area contributed by atoms with E-state index in [0.29, 0.717) is 17.4 Å². The van der Waals surface area contributed by atoms with E-state index in [1.807, 2.05) is 0 Å². The predicted octanol–water partition coefficient (Wildman–Crippen LogP) is 3.43. The number of aromatic nitrogens is 2. The van der Waals surface area contributed by atoms with Crippen molar-refractivity contribution >= 4 is 5.95 Å². The lowest BCUT2D eigenvalue weighted by atomic mass is 10.1. The van der Waals surface area contributed by atoms with Crippen LogP contribution in [0.5, 0.6) is 17.2 Å². The van der Waals surface area contributed by atoms with Crippen molar-refractivity contribution in [1.29, 1.82) is 0 Å². The van der Waals surface area contributed by atoms with Crippen molar-refractivity contribution in [2.45, 2.75) is 25.3 Å². The van der Waals surface area contributed by atoms with Gasteiger partial charge in [-0.2, -0.15) is 0 Å². The molecule has 0 N–H and O–H groups in total. The molecule has 1 fully saturated rings. The number of rotatable bonds is 5. The summed E-state index contributed by atoms with van der Waals surface area (Å²) < 4.78 is 51.2. The normalized spacial score (nSPS) is 15.6. The third kappa shape index (κ3) is 4.90. The largest absolute Gasteiger partial charge is 0.573 e. The Hall–Kier alpha value is -2.71. The number of hydrogen-bond acceptors (Lipinski definition) is 6. The average Bonchev–Trinajstić information content (AvgIpc) is 2.63. The van der Waals surface area contributed by atoms with Gasteiger partial charge in [-0.05, 0) is 24.3 Å². The molecule has 1 aromatic carbocycles. The summed E-state index contributed by atoms with van der Waals surface area (Å²) in [6.45, 7) is 1.46. The van der Waals surface area contributed by atoms with E-state index in [4.69, 9.17) is 9.47 Å². The van der Waals surface area contributed by atoms with Gasteiger partial charge in [-0.1, -0.05) is 0 Å². The molecule has 3 rings (SSSR count). The fourth-order valence-corrected chi connectivity index (χ4v) is 2.66. The summed E-state index contributed by atoms with van der Waals surface area (Å²) in [7, 11) is 1.56. The summed E-state index contributed by atoms with van der Waals surface area (Å²) in [6, 6.07) is 5.42. The summed E-state index contributed by atoms with van der Waals surface area (Å²) in [4.78, 5) is 10.6. The molecule has 140 valence electrons. The van der Waals surface area contributed by atoms with E-state index in [2.05, 4.69) is 19.6 Å². The van der Waals surface area contributed by atoms with Crippen molar-refractivity contribution in [2.24, 2.45) is 0 Å². The minimum atomic E-state index is -4.70. The molecular weight excluding hydrogens is 351 g/mol. The molecule has 2 heterocycles. The Kier molecular flexibility index (Phi) is 5.34. The Morgan fingerprint density at radius 3 is 2.08 bits per heavy atom. The highest BCUT2D eigenvalue weighted by Crippen LogP contribution is 2.26. The summed E-state index contributed by atoms with van der Waals surface area (Å²) in [5, 5.41) is 0. The Morgan fingerprint density at radius 1 is 0.962 bits per heavy atom. The molecule has 6 nitrogen and oxygen atoms in total. The van der Waals surface area contributed by atoms with Gasteiger partial charge in [0, 0.05) is 25.9 Å². The van der Waals surface area contributed by atoms with Crippen LogP contribution < -0.4 is 19.1 Å². The van der Waals surface area contributed by atoms with Gasteiger partial charge in [0.15, 0.2) is 5.75 Å². The standard InChI is InChI=1S/C17H18F3N3O3/c1-24-15-10-21-16(22-11-15)23-8-6-13(7-9-23)25-12-2-4-14(5-3-12)26-17(18,19)20/h2-5,10-11,13H,6-9H2,1H3. The van der Waals surface area contributed by atoms with Crippen molar-refractivity contribution in [2.75, 3.05) is 25.1 Å². The minimum absolute atomic E-state index is 0.0149. The summed E-state index contributed by atoms with van der Waals surface area (Å²) in [6.07, 6.45) is 0.0507. The molecule has 1 aliphatic rings. The first kappa shape index (κ1) is 18.1. The fourth-order valence-electron chi connectivity index (χ4n) is 2.66. The highest BCUT2D eigenvalue weighted by atomic mass is 19.4. The van der Waals surface area contributed by atoms with E-state index < -0.39 is 6.36 Å². The van der Waals surface area contributed by atoms with Crippen molar-refractivity contribution in [3.63, 3.8) is 0 Å². The van der Waals surface area contributed by atoms with Gasteiger partial charge in [0.05, 0.1) is 19.5 Å². The van der Waals surface area contributed by atoms with Gasteiger partial charge in [0.1, 0.15) is 17.6 Å². The van der Waals surface area contributed by atoms with Crippen LogP contribution >= 0.6 is 0 Å². The SMILES string of the molecule is COc1cnc(N2CCC(Oc3ccc(OC(F)(F)F)cc3)CC2)nc1. The Balaban J connectivity index is 1.50. The average molecular weight is 369 g/mol. The Labute approximate surface area is 148 Å². The number of benzene rings is 1. The second-order valence-corrected chi connectivity index (χ2v) is 5.75. The third-order valence-electron chi connectivity index (χ3n) is 3.94. The second-order valence-electron chi connectivity index (χ2n) is 5.75. The van der Waals surface area contributed by atoms with Gasteiger partial charge in [-0.25, -0.2) is 9.97 Å². The second kappa shape index (κ2) is 7.67. The van der Waals surface area contributed by atoms with Crippen LogP contribution in [0.15, 0.2) is 36.7 Å². The van der Waals surface area contributed by atoms with E-state index in [1.165, 1.54) is 24.3 Å². The molecule has 0 bridgehead atoms. The van der Waals surface area contributed by atoms with Crippen molar-refractivity contribution in [3.8, 4) is 17.2 Å². The van der Waals surface area contributed by atoms with Crippen LogP contribution in [0.2, 0.25) is 0 Å². The van der Waals surface area contributed by atoms with Crippen LogP contribution in [-0.2, 0) is 0 Å². The van der Waals surface area contributed by atoms with E-state index in [1.54, 1.807) is 19.5 Å². The number of alkyl halides is 3. The van der Waals surface area contributed by atoms with Gasteiger partial charge in [-0.15, -0.1) is 13.2 Å². The van der Waals surface area contributed by atoms with Crippen LogP contribution in [0.4, 0.5) is 19.1 Å². The van der Waals surface area contributed by atoms with E-state index in [9.17, 15) is 13.2 Å². The zero-order chi connectivity index (χ0) is 18.6. The number of halogens is 3. The first-order valence-electron chi connectivity index (χ1n) is 8.06. The van der Waals surface area contributed by atoms with Gasteiger partial charge in [0.2, 0.25) is 5.95 Å². The monoisotopic (exact) mass is 369 g/mol. The Bertz CT molecular complexity index is 700. The van der Waals surface area contributed by atoms with Crippen LogP contribution in [0, 0.1) is 0 Å². The van der Waals surface area contributed by atoms with Crippen molar-refractivity contribution in [3.05, 3.63) is 36.7 Å². The first-order chi connectivity index (χ1) is 12.4. The van der Waals surface area contributed by atoms with Crippen LogP contribution in [0.25, 0.3) is 0 Å². The lowest BCUT2D eigenvalue weighted by Crippen LogP contribution is -2.39. The molecular formula is C17H18F3N3O3. The maximum Gasteiger partial charge on any atom is 0.573 e. The number of anilines is 1. The lowest BCUT2D eigenvalue weighted by molar-refractivity contribution is -0.274. The van der Waals surface area contributed by atoms with E-state index in [0.717, 1.165) is 25.9 Å². The molecule has 0 amide bonds. The molecule has 0 unspecified atom stereocenters. The molecule has 26 heavy (non-hydrogen) atoms. The molecule has 1 aliphatic heterocycles. The van der Waals surface area contributed by atoms with Gasteiger partial charge in [0.25, 0.3) is 0 Å². The molecule has 1 aromatic heterocycles. The molecule has 0 saturated carbocycles. The first-order valence-corrected chi connectivity index (χ1v) is 8.06. The van der Waals surface area contributed by atoms with Crippen LogP contribution in [0.3, 0.4) is 0 Å². The van der Waals surface area contributed by atoms with E-state index >= 15 is 0 Å². The molecule has 0 atom stereocenters. The molecule has 9 heteroatoms. The van der Waals surface area contributed by atoms with Gasteiger partial charge in [-0.3, -0.25) is 0 Å². The van der Waals surface area contributed by atoms with E-state index in [-0.39, 0.29) is 11.9 Å². The minimum Gasteiger partial charge on any atom is -0.494 e.